The van der Waals surface area contributed by atoms with Crippen molar-refractivity contribution in [1.82, 2.24) is 10.3 Å². The van der Waals surface area contributed by atoms with Gasteiger partial charge in [0, 0.05) is 18.9 Å². The summed E-state index contributed by atoms with van der Waals surface area (Å²) in [5.74, 6) is -0.0345. The van der Waals surface area contributed by atoms with Gasteiger partial charge in [-0.15, -0.1) is 0 Å². The summed E-state index contributed by atoms with van der Waals surface area (Å²) < 4.78 is 31.8. The van der Waals surface area contributed by atoms with Crippen molar-refractivity contribution in [3.63, 3.8) is 0 Å². The highest BCUT2D eigenvalue weighted by Gasteiger charge is 2.35. The SMILES string of the molecule is CCS(=O)(=O)N1C[C@H](C(=O)NCc2cccnc2)Oc2ccccc21. The van der Waals surface area contributed by atoms with Gasteiger partial charge in [-0.05, 0) is 30.7 Å². The molecule has 0 radical (unpaired) electrons. The third-order valence-electron chi connectivity index (χ3n) is 3.92. The molecule has 1 aromatic heterocycles. The minimum atomic E-state index is -3.50. The number of hydrogen-bond donors (Lipinski definition) is 1. The number of nitrogens with zero attached hydrogens (tertiary/aromatic N) is 2. The first kappa shape index (κ1) is 17.2. The van der Waals surface area contributed by atoms with Gasteiger partial charge in [-0.25, -0.2) is 8.42 Å². The number of carbonyl (C=O) groups excluding carboxylic acids is 1. The quantitative estimate of drug-likeness (QED) is 0.868. The zero-order valence-electron chi connectivity index (χ0n) is 13.8. The van der Waals surface area contributed by atoms with E-state index >= 15 is 0 Å². The van der Waals surface area contributed by atoms with Crippen LogP contribution in [0, 0.1) is 0 Å². The lowest BCUT2D eigenvalue weighted by atomic mass is 10.2. The van der Waals surface area contributed by atoms with Gasteiger partial charge >= 0.3 is 0 Å². The lowest BCUT2D eigenvalue weighted by Crippen LogP contribution is -2.50. The molecule has 8 heteroatoms. The number of nitrogens with one attached hydrogen (secondary N) is 1. The monoisotopic (exact) mass is 361 g/mol. The number of sulfonamides is 1. The molecule has 0 unspecified atom stereocenters. The van der Waals surface area contributed by atoms with Crippen LogP contribution < -0.4 is 14.4 Å². The van der Waals surface area contributed by atoms with Gasteiger partial charge in [-0.2, -0.15) is 0 Å². The van der Waals surface area contributed by atoms with Crippen LogP contribution in [-0.2, 0) is 21.4 Å². The van der Waals surface area contributed by atoms with E-state index in [-0.39, 0.29) is 18.2 Å². The summed E-state index contributed by atoms with van der Waals surface area (Å²) in [5, 5.41) is 2.76. The molecule has 1 atom stereocenters. The fraction of sp³-hybridized carbons (Fsp3) is 0.294. The van der Waals surface area contributed by atoms with Crippen LogP contribution in [0.2, 0.25) is 0 Å². The van der Waals surface area contributed by atoms with Gasteiger partial charge in [0.05, 0.1) is 18.0 Å². The number of rotatable bonds is 5. The van der Waals surface area contributed by atoms with Crippen molar-refractivity contribution in [2.75, 3.05) is 16.6 Å². The normalized spacial score (nSPS) is 16.7. The first-order valence-corrected chi connectivity index (χ1v) is 9.55. The number of fused-ring (bicyclic) bond motifs is 1. The van der Waals surface area contributed by atoms with Crippen LogP contribution >= 0.6 is 0 Å². The topological polar surface area (TPSA) is 88.6 Å². The van der Waals surface area contributed by atoms with Gasteiger partial charge in [0.2, 0.25) is 10.0 Å². The van der Waals surface area contributed by atoms with Crippen LogP contribution in [0.15, 0.2) is 48.8 Å². The average molecular weight is 361 g/mol. The molecule has 0 aliphatic carbocycles. The molecule has 1 amide bonds. The molecule has 132 valence electrons. The molecular weight excluding hydrogens is 342 g/mol. The van der Waals surface area contributed by atoms with Crippen molar-refractivity contribution >= 4 is 21.6 Å². The minimum absolute atomic E-state index is 0.0495. The number of benzene rings is 1. The van der Waals surface area contributed by atoms with E-state index in [4.69, 9.17) is 4.74 Å². The zero-order valence-corrected chi connectivity index (χ0v) is 14.6. The molecule has 3 rings (SSSR count). The predicted octanol–water partition coefficient (Wildman–Crippen LogP) is 1.32. The Morgan fingerprint density at radius 3 is 2.84 bits per heavy atom. The molecule has 0 bridgehead atoms. The molecule has 0 saturated heterocycles. The van der Waals surface area contributed by atoms with E-state index in [1.54, 1.807) is 49.6 Å². The molecule has 25 heavy (non-hydrogen) atoms. The highest BCUT2D eigenvalue weighted by Crippen LogP contribution is 2.35. The average Bonchev–Trinajstić information content (AvgIpc) is 2.66. The summed E-state index contributed by atoms with van der Waals surface area (Å²) in [7, 11) is -3.50. The van der Waals surface area contributed by atoms with Crippen molar-refractivity contribution < 1.29 is 17.9 Å². The summed E-state index contributed by atoms with van der Waals surface area (Å²) in [5.41, 5.74) is 1.31. The van der Waals surface area contributed by atoms with Crippen molar-refractivity contribution in [3.05, 3.63) is 54.4 Å². The fourth-order valence-electron chi connectivity index (χ4n) is 2.56. The van der Waals surface area contributed by atoms with Crippen LogP contribution in [0.5, 0.6) is 5.75 Å². The summed E-state index contributed by atoms with van der Waals surface area (Å²) in [6, 6.07) is 10.4. The Hall–Kier alpha value is -2.61. The van der Waals surface area contributed by atoms with E-state index in [2.05, 4.69) is 10.3 Å². The van der Waals surface area contributed by atoms with E-state index in [9.17, 15) is 13.2 Å². The number of para-hydroxylation sites is 2. The van der Waals surface area contributed by atoms with Crippen molar-refractivity contribution in [2.45, 2.75) is 19.6 Å². The Morgan fingerprint density at radius 2 is 2.12 bits per heavy atom. The smallest absolute Gasteiger partial charge is 0.263 e. The molecule has 2 aromatic rings. The molecule has 0 saturated carbocycles. The molecule has 1 aliphatic heterocycles. The van der Waals surface area contributed by atoms with Crippen molar-refractivity contribution in [2.24, 2.45) is 0 Å². The number of pyridine rings is 1. The third kappa shape index (κ3) is 3.74. The van der Waals surface area contributed by atoms with E-state index in [0.717, 1.165) is 5.56 Å². The van der Waals surface area contributed by atoms with Gasteiger partial charge in [0.25, 0.3) is 5.91 Å². The minimum Gasteiger partial charge on any atom is -0.476 e. The summed E-state index contributed by atoms with van der Waals surface area (Å²) in [4.78, 5) is 16.5. The Balaban J connectivity index is 1.78. The Kier molecular flexibility index (Phi) is 4.89. The van der Waals surface area contributed by atoms with Gasteiger partial charge in [-0.1, -0.05) is 18.2 Å². The first-order chi connectivity index (χ1) is 12.0. The number of aromatic nitrogens is 1. The number of anilines is 1. The molecule has 2 heterocycles. The maximum absolute atomic E-state index is 12.5. The second kappa shape index (κ2) is 7.10. The second-order valence-electron chi connectivity index (χ2n) is 5.58. The molecule has 0 fully saturated rings. The van der Waals surface area contributed by atoms with E-state index in [1.165, 1.54) is 4.31 Å². The second-order valence-corrected chi connectivity index (χ2v) is 7.77. The number of ether oxygens (including phenoxy) is 1. The predicted molar refractivity (Wildman–Crippen MR) is 93.7 cm³/mol. The van der Waals surface area contributed by atoms with Gasteiger partial charge in [0.15, 0.2) is 6.10 Å². The Morgan fingerprint density at radius 1 is 1.32 bits per heavy atom. The first-order valence-electron chi connectivity index (χ1n) is 7.94. The highest BCUT2D eigenvalue weighted by molar-refractivity contribution is 7.92. The number of amides is 1. The van der Waals surface area contributed by atoms with Gasteiger partial charge in [-0.3, -0.25) is 14.1 Å². The number of hydrogen-bond acceptors (Lipinski definition) is 5. The van der Waals surface area contributed by atoms with Crippen LogP contribution in [0.3, 0.4) is 0 Å². The fourth-order valence-corrected chi connectivity index (χ4v) is 3.69. The Labute approximate surface area is 146 Å². The lowest BCUT2D eigenvalue weighted by molar-refractivity contribution is -0.127. The zero-order chi connectivity index (χ0) is 17.9. The third-order valence-corrected chi connectivity index (χ3v) is 5.66. The van der Waals surface area contributed by atoms with Gasteiger partial charge in [0.1, 0.15) is 5.75 Å². The molecule has 1 aromatic carbocycles. The molecule has 1 N–H and O–H groups in total. The number of carbonyl (C=O) groups is 1. The molecule has 0 spiro atoms. The maximum atomic E-state index is 12.5. The van der Waals surface area contributed by atoms with E-state index in [1.807, 2.05) is 6.07 Å². The maximum Gasteiger partial charge on any atom is 0.263 e. The lowest BCUT2D eigenvalue weighted by Gasteiger charge is -2.34. The highest BCUT2D eigenvalue weighted by atomic mass is 32.2. The Bertz CT molecular complexity index is 855. The van der Waals surface area contributed by atoms with Crippen LogP contribution in [0.25, 0.3) is 0 Å². The standard InChI is InChI=1S/C17H19N3O4S/c1-2-25(22,23)20-12-16(24-15-8-4-3-7-14(15)20)17(21)19-11-13-6-5-9-18-10-13/h3-10,16H,2,11-12H2,1H3,(H,19,21)/t16-/m1/s1. The molecular formula is C17H19N3O4S. The van der Waals surface area contributed by atoms with Crippen molar-refractivity contribution in [1.29, 1.82) is 0 Å². The van der Waals surface area contributed by atoms with E-state index in [0.29, 0.717) is 18.0 Å². The van der Waals surface area contributed by atoms with Crippen molar-refractivity contribution in [3.8, 4) is 5.75 Å². The van der Waals surface area contributed by atoms with Gasteiger partial charge < -0.3 is 10.1 Å². The van der Waals surface area contributed by atoms with Crippen LogP contribution in [-0.4, -0.2) is 37.7 Å². The van der Waals surface area contributed by atoms with E-state index < -0.39 is 16.1 Å². The molecule has 1 aliphatic rings. The molecule has 7 nitrogen and oxygen atoms in total. The van der Waals surface area contributed by atoms with Crippen LogP contribution in [0.4, 0.5) is 5.69 Å². The largest absolute Gasteiger partial charge is 0.476 e. The van der Waals surface area contributed by atoms with Crippen LogP contribution in [0.1, 0.15) is 12.5 Å². The summed E-state index contributed by atoms with van der Waals surface area (Å²) in [6.45, 7) is 1.83. The summed E-state index contributed by atoms with van der Waals surface area (Å²) in [6.07, 6.45) is 2.40. The summed E-state index contributed by atoms with van der Waals surface area (Å²) >= 11 is 0.